The quantitative estimate of drug-likeness (QED) is 0.701. The molecule has 116 valence electrons. The van der Waals surface area contributed by atoms with Crippen LogP contribution in [0, 0.1) is 5.92 Å². The van der Waals surface area contributed by atoms with Crippen LogP contribution in [0.3, 0.4) is 0 Å². The van der Waals surface area contributed by atoms with Gasteiger partial charge in [0.2, 0.25) is 5.91 Å². The van der Waals surface area contributed by atoms with Gasteiger partial charge in [0.1, 0.15) is 0 Å². The summed E-state index contributed by atoms with van der Waals surface area (Å²) in [5, 5.41) is 11.7. The van der Waals surface area contributed by atoms with Crippen molar-refractivity contribution in [2.75, 3.05) is 45.8 Å². The molecule has 0 unspecified atom stereocenters. The zero-order valence-corrected chi connectivity index (χ0v) is 12.6. The lowest BCUT2D eigenvalue weighted by atomic mass is 10.1. The van der Waals surface area contributed by atoms with E-state index in [1.165, 1.54) is 0 Å². The number of carbonyl (C=O) groups is 2. The second kappa shape index (κ2) is 8.92. The molecular formula is C14H27N3O3. The van der Waals surface area contributed by atoms with E-state index in [0.717, 1.165) is 39.0 Å². The molecule has 0 bridgehead atoms. The maximum atomic E-state index is 11.8. The third kappa shape index (κ3) is 7.45. The Kier molecular flexibility index (Phi) is 7.54. The van der Waals surface area contributed by atoms with Gasteiger partial charge in [0.25, 0.3) is 0 Å². The van der Waals surface area contributed by atoms with Crippen LogP contribution in [0.2, 0.25) is 0 Å². The predicted molar refractivity (Wildman–Crippen MR) is 77.6 cm³/mol. The SMILES string of the molecule is CC(C)CCNC(=O)CN1CCCN(CC(=O)O)CC1. The van der Waals surface area contributed by atoms with Crippen LogP contribution >= 0.6 is 0 Å². The van der Waals surface area contributed by atoms with Crippen LogP contribution < -0.4 is 5.32 Å². The van der Waals surface area contributed by atoms with Crippen LogP contribution in [0.1, 0.15) is 26.7 Å². The van der Waals surface area contributed by atoms with E-state index in [1.807, 2.05) is 4.90 Å². The zero-order chi connectivity index (χ0) is 15.0. The number of aliphatic carboxylic acids is 1. The average Bonchev–Trinajstić information content (AvgIpc) is 2.54. The van der Waals surface area contributed by atoms with Crippen molar-refractivity contribution in [3.63, 3.8) is 0 Å². The fraction of sp³-hybridized carbons (Fsp3) is 0.857. The number of carboxylic acid groups (broad SMARTS) is 1. The second-order valence-corrected chi connectivity index (χ2v) is 5.83. The Morgan fingerprint density at radius 2 is 1.70 bits per heavy atom. The van der Waals surface area contributed by atoms with Gasteiger partial charge in [-0.05, 0) is 25.3 Å². The van der Waals surface area contributed by atoms with Gasteiger partial charge in [-0.1, -0.05) is 13.8 Å². The van der Waals surface area contributed by atoms with Gasteiger partial charge in [-0.15, -0.1) is 0 Å². The Labute approximate surface area is 121 Å². The molecule has 1 rings (SSSR count). The highest BCUT2D eigenvalue weighted by Gasteiger charge is 2.18. The summed E-state index contributed by atoms with van der Waals surface area (Å²) in [5.41, 5.74) is 0. The first-order valence-electron chi connectivity index (χ1n) is 7.40. The van der Waals surface area contributed by atoms with Gasteiger partial charge in [-0.25, -0.2) is 0 Å². The number of hydrogen-bond acceptors (Lipinski definition) is 4. The topological polar surface area (TPSA) is 72.9 Å². The molecular weight excluding hydrogens is 258 g/mol. The summed E-state index contributed by atoms with van der Waals surface area (Å²) < 4.78 is 0. The molecule has 1 fully saturated rings. The van der Waals surface area contributed by atoms with Gasteiger partial charge < -0.3 is 10.4 Å². The molecule has 1 aliphatic rings. The molecule has 1 heterocycles. The first kappa shape index (κ1) is 16.9. The molecule has 1 amide bonds. The molecule has 6 heteroatoms. The monoisotopic (exact) mass is 285 g/mol. The second-order valence-electron chi connectivity index (χ2n) is 5.83. The van der Waals surface area contributed by atoms with Crippen molar-refractivity contribution < 1.29 is 14.7 Å². The maximum absolute atomic E-state index is 11.8. The van der Waals surface area contributed by atoms with Crippen LogP contribution in [-0.4, -0.2) is 72.6 Å². The number of carbonyl (C=O) groups excluding carboxylic acids is 1. The normalized spacial score (nSPS) is 17.9. The first-order chi connectivity index (χ1) is 9.47. The summed E-state index contributed by atoms with van der Waals surface area (Å²) in [4.78, 5) is 26.5. The Morgan fingerprint density at radius 1 is 1.10 bits per heavy atom. The minimum atomic E-state index is -0.787. The van der Waals surface area contributed by atoms with Gasteiger partial charge in [-0.2, -0.15) is 0 Å². The average molecular weight is 285 g/mol. The van der Waals surface area contributed by atoms with Crippen molar-refractivity contribution in [1.82, 2.24) is 15.1 Å². The van der Waals surface area contributed by atoms with Crippen LogP contribution in [0.25, 0.3) is 0 Å². The number of carboxylic acids is 1. The van der Waals surface area contributed by atoms with Crippen LogP contribution in [0.15, 0.2) is 0 Å². The van der Waals surface area contributed by atoms with Gasteiger partial charge in [0.15, 0.2) is 0 Å². The molecule has 1 saturated heterocycles. The molecule has 0 aromatic heterocycles. The summed E-state index contributed by atoms with van der Waals surface area (Å²) in [7, 11) is 0. The summed E-state index contributed by atoms with van der Waals surface area (Å²) in [6.45, 7) is 8.63. The van der Waals surface area contributed by atoms with E-state index in [9.17, 15) is 9.59 Å². The third-order valence-corrected chi connectivity index (χ3v) is 3.45. The van der Waals surface area contributed by atoms with Gasteiger partial charge in [0, 0.05) is 26.2 Å². The van der Waals surface area contributed by atoms with Crippen LogP contribution in [-0.2, 0) is 9.59 Å². The largest absolute Gasteiger partial charge is 0.480 e. The molecule has 0 spiro atoms. The Balaban J connectivity index is 2.24. The molecule has 0 aromatic carbocycles. The summed E-state index contributed by atoms with van der Waals surface area (Å²) >= 11 is 0. The minimum Gasteiger partial charge on any atom is -0.480 e. The zero-order valence-electron chi connectivity index (χ0n) is 12.6. The molecule has 0 radical (unpaired) electrons. The summed E-state index contributed by atoms with van der Waals surface area (Å²) in [6.07, 6.45) is 1.91. The van der Waals surface area contributed by atoms with Gasteiger partial charge >= 0.3 is 5.97 Å². The lowest BCUT2D eigenvalue weighted by molar-refractivity contribution is -0.138. The number of nitrogens with one attached hydrogen (secondary N) is 1. The van der Waals surface area contributed by atoms with Crippen molar-refractivity contribution in [3.8, 4) is 0 Å². The van der Waals surface area contributed by atoms with E-state index in [-0.39, 0.29) is 12.5 Å². The van der Waals surface area contributed by atoms with Crippen LogP contribution in [0.4, 0.5) is 0 Å². The van der Waals surface area contributed by atoms with Crippen molar-refractivity contribution in [1.29, 1.82) is 0 Å². The number of amides is 1. The van der Waals surface area contributed by atoms with Crippen molar-refractivity contribution in [3.05, 3.63) is 0 Å². The van der Waals surface area contributed by atoms with E-state index in [4.69, 9.17) is 5.11 Å². The molecule has 2 N–H and O–H groups in total. The van der Waals surface area contributed by atoms with E-state index < -0.39 is 5.97 Å². The van der Waals surface area contributed by atoms with Crippen molar-refractivity contribution in [2.45, 2.75) is 26.7 Å². The maximum Gasteiger partial charge on any atom is 0.317 e. The molecule has 0 aliphatic carbocycles. The smallest absolute Gasteiger partial charge is 0.317 e. The molecule has 0 atom stereocenters. The lowest BCUT2D eigenvalue weighted by Crippen LogP contribution is -2.40. The highest BCUT2D eigenvalue weighted by Crippen LogP contribution is 2.03. The summed E-state index contributed by atoms with van der Waals surface area (Å²) in [6, 6.07) is 0. The highest BCUT2D eigenvalue weighted by molar-refractivity contribution is 5.77. The molecule has 20 heavy (non-hydrogen) atoms. The molecule has 0 saturated carbocycles. The number of hydrogen-bond donors (Lipinski definition) is 2. The third-order valence-electron chi connectivity index (χ3n) is 3.45. The molecule has 6 nitrogen and oxygen atoms in total. The van der Waals surface area contributed by atoms with E-state index in [0.29, 0.717) is 19.0 Å². The Morgan fingerprint density at radius 3 is 2.25 bits per heavy atom. The Bertz CT molecular complexity index is 321. The lowest BCUT2D eigenvalue weighted by Gasteiger charge is -2.20. The van der Waals surface area contributed by atoms with E-state index >= 15 is 0 Å². The minimum absolute atomic E-state index is 0.0670. The van der Waals surface area contributed by atoms with Crippen molar-refractivity contribution in [2.24, 2.45) is 5.92 Å². The van der Waals surface area contributed by atoms with Crippen molar-refractivity contribution >= 4 is 11.9 Å². The number of rotatable bonds is 7. The molecule has 1 aliphatic heterocycles. The highest BCUT2D eigenvalue weighted by atomic mass is 16.4. The molecule has 0 aromatic rings. The van der Waals surface area contributed by atoms with Gasteiger partial charge in [0.05, 0.1) is 13.1 Å². The van der Waals surface area contributed by atoms with E-state index in [1.54, 1.807) is 0 Å². The van der Waals surface area contributed by atoms with Crippen LogP contribution in [0.5, 0.6) is 0 Å². The predicted octanol–water partition coefficient (Wildman–Crippen LogP) is 0.241. The Hall–Kier alpha value is -1.14. The fourth-order valence-electron chi connectivity index (χ4n) is 2.29. The fourth-order valence-corrected chi connectivity index (χ4v) is 2.29. The van der Waals surface area contributed by atoms with E-state index in [2.05, 4.69) is 24.1 Å². The van der Waals surface area contributed by atoms with Gasteiger partial charge in [-0.3, -0.25) is 19.4 Å². The summed E-state index contributed by atoms with van der Waals surface area (Å²) in [5.74, 6) is -0.125. The number of nitrogens with zero attached hydrogens (tertiary/aromatic N) is 2. The first-order valence-corrected chi connectivity index (χ1v) is 7.40. The standard InChI is InChI=1S/C14H27N3O3/c1-12(2)4-5-15-13(18)10-16-6-3-7-17(9-8-16)11-14(19)20/h12H,3-11H2,1-2H3,(H,15,18)(H,19,20).